The number of rotatable bonds is 7. The molecule has 0 unspecified atom stereocenters. The third-order valence-corrected chi connectivity index (χ3v) is 5.41. The third kappa shape index (κ3) is 4.24. The van der Waals surface area contributed by atoms with Crippen LogP contribution in [0.25, 0.3) is 22.2 Å². The summed E-state index contributed by atoms with van der Waals surface area (Å²) in [6, 6.07) is 15.4. The molecule has 6 nitrogen and oxygen atoms in total. The monoisotopic (exact) mass is 405 g/mol. The van der Waals surface area contributed by atoms with Crippen LogP contribution in [0.15, 0.2) is 48.5 Å². The van der Waals surface area contributed by atoms with Crippen LogP contribution in [0.2, 0.25) is 0 Å². The van der Waals surface area contributed by atoms with E-state index >= 15 is 0 Å². The van der Waals surface area contributed by atoms with Gasteiger partial charge in [-0.3, -0.25) is 4.79 Å². The molecule has 1 amide bonds. The van der Waals surface area contributed by atoms with E-state index in [2.05, 4.69) is 24.1 Å². The molecule has 0 radical (unpaired) electrons. The Morgan fingerprint density at radius 1 is 1.03 bits per heavy atom. The van der Waals surface area contributed by atoms with Crippen LogP contribution in [0, 0.1) is 0 Å². The lowest BCUT2D eigenvalue weighted by atomic mass is 10.0. The summed E-state index contributed by atoms with van der Waals surface area (Å²) in [6.07, 6.45) is 0. The van der Waals surface area contributed by atoms with Crippen molar-refractivity contribution in [1.82, 2.24) is 15.2 Å². The van der Waals surface area contributed by atoms with Crippen molar-refractivity contribution >= 4 is 16.8 Å². The van der Waals surface area contributed by atoms with E-state index in [1.165, 1.54) is 0 Å². The average molecular weight is 405 g/mol. The molecule has 0 saturated heterocycles. The highest BCUT2D eigenvalue weighted by Crippen LogP contribution is 2.35. The summed E-state index contributed by atoms with van der Waals surface area (Å²) >= 11 is 0. The van der Waals surface area contributed by atoms with Gasteiger partial charge < -0.3 is 19.7 Å². The second-order valence-corrected chi connectivity index (χ2v) is 7.21. The van der Waals surface area contributed by atoms with Crippen LogP contribution in [-0.4, -0.2) is 55.2 Å². The zero-order chi connectivity index (χ0) is 20.9. The lowest BCUT2D eigenvalue weighted by molar-refractivity contribution is 0.0950. The summed E-state index contributed by atoms with van der Waals surface area (Å²) < 4.78 is 11.3. The minimum absolute atomic E-state index is 0.0838. The number of carbonyl (C=O) groups excluding carboxylic acids is 1. The first-order valence-electron chi connectivity index (χ1n) is 10.5. The zero-order valence-electron chi connectivity index (χ0n) is 17.5. The first-order valence-corrected chi connectivity index (χ1v) is 10.5. The highest BCUT2D eigenvalue weighted by molar-refractivity contribution is 6.07. The van der Waals surface area contributed by atoms with Crippen molar-refractivity contribution in [3.63, 3.8) is 0 Å². The number of carbonyl (C=O) groups is 1. The lowest BCUT2D eigenvalue weighted by Gasteiger charge is -2.19. The second-order valence-electron chi connectivity index (χ2n) is 7.21. The van der Waals surface area contributed by atoms with E-state index in [0.29, 0.717) is 31.1 Å². The number of fused-ring (bicyclic) bond motifs is 2. The molecule has 3 aromatic rings. The summed E-state index contributed by atoms with van der Waals surface area (Å²) in [6.45, 7) is 8.72. The maximum Gasteiger partial charge on any atom is 0.252 e. The van der Waals surface area contributed by atoms with Gasteiger partial charge in [-0.05, 0) is 43.4 Å². The van der Waals surface area contributed by atoms with Gasteiger partial charge in [0.1, 0.15) is 13.2 Å². The topological polar surface area (TPSA) is 63.7 Å². The van der Waals surface area contributed by atoms with Crippen LogP contribution >= 0.6 is 0 Å². The normalized spacial score (nSPS) is 12.9. The van der Waals surface area contributed by atoms with Gasteiger partial charge >= 0.3 is 0 Å². The lowest BCUT2D eigenvalue weighted by Crippen LogP contribution is -2.34. The first-order chi connectivity index (χ1) is 14.7. The Morgan fingerprint density at radius 2 is 1.80 bits per heavy atom. The van der Waals surface area contributed by atoms with E-state index in [9.17, 15) is 4.79 Å². The molecule has 0 saturated carbocycles. The number of hydrogen-bond acceptors (Lipinski definition) is 5. The van der Waals surface area contributed by atoms with Crippen LogP contribution in [-0.2, 0) is 0 Å². The fraction of sp³-hybridized carbons (Fsp3) is 0.333. The van der Waals surface area contributed by atoms with Gasteiger partial charge in [0.25, 0.3) is 5.91 Å². The second kappa shape index (κ2) is 9.13. The van der Waals surface area contributed by atoms with E-state index in [1.807, 2.05) is 48.5 Å². The number of likely N-dealkylation sites (N-methyl/N-ethyl adjacent to an activating group) is 1. The predicted octanol–water partition coefficient (Wildman–Crippen LogP) is 3.74. The van der Waals surface area contributed by atoms with Gasteiger partial charge in [-0.1, -0.05) is 32.0 Å². The molecule has 156 valence electrons. The van der Waals surface area contributed by atoms with Crippen LogP contribution in [0.1, 0.15) is 24.2 Å². The Kier molecular flexibility index (Phi) is 6.14. The van der Waals surface area contributed by atoms with E-state index < -0.39 is 0 Å². The maximum atomic E-state index is 13.0. The third-order valence-electron chi connectivity index (χ3n) is 5.41. The van der Waals surface area contributed by atoms with Crippen LogP contribution in [0.3, 0.4) is 0 Å². The number of nitrogens with one attached hydrogen (secondary N) is 1. The van der Waals surface area contributed by atoms with Gasteiger partial charge in [-0.15, -0.1) is 0 Å². The highest BCUT2D eigenvalue weighted by atomic mass is 16.6. The van der Waals surface area contributed by atoms with Crippen LogP contribution in [0.4, 0.5) is 0 Å². The molecule has 4 rings (SSSR count). The number of amides is 1. The van der Waals surface area contributed by atoms with Gasteiger partial charge in [-0.25, -0.2) is 4.98 Å². The van der Waals surface area contributed by atoms with Crippen molar-refractivity contribution in [3.8, 4) is 22.8 Å². The first kappa shape index (κ1) is 20.2. The Balaban J connectivity index is 1.65. The molecule has 0 bridgehead atoms. The van der Waals surface area contributed by atoms with Crippen molar-refractivity contribution in [3.05, 3.63) is 54.1 Å². The molecule has 0 spiro atoms. The van der Waals surface area contributed by atoms with Crippen molar-refractivity contribution in [2.45, 2.75) is 13.8 Å². The molecular formula is C24H27N3O3. The summed E-state index contributed by atoms with van der Waals surface area (Å²) in [5.41, 5.74) is 3.05. The van der Waals surface area contributed by atoms with E-state index in [0.717, 1.165) is 47.5 Å². The van der Waals surface area contributed by atoms with Crippen molar-refractivity contribution in [2.24, 2.45) is 0 Å². The van der Waals surface area contributed by atoms with Gasteiger partial charge in [0, 0.05) is 24.0 Å². The minimum Gasteiger partial charge on any atom is -0.486 e. The number of aromatic nitrogens is 1. The predicted molar refractivity (Wildman–Crippen MR) is 118 cm³/mol. The molecular weight excluding hydrogens is 378 g/mol. The molecule has 30 heavy (non-hydrogen) atoms. The molecule has 0 aliphatic carbocycles. The van der Waals surface area contributed by atoms with Gasteiger partial charge in [0.2, 0.25) is 0 Å². The van der Waals surface area contributed by atoms with Gasteiger partial charge in [-0.2, -0.15) is 0 Å². The standard InChI is InChI=1S/C24H27N3O3/c1-3-27(4-2)12-11-25-24(28)19-16-21(26-20-8-6-5-7-18(19)20)17-9-10-22-23(15-17)30-14-13-29-22/h5-10,15-16H,3-4,11-14H2,1-2H3,(H,25,28). The number of ether oxygens (including phenoxy) is 2. The quantitative estimate of drug-likeness (QED) is 0.649. The molecule has 1 N–H and O–H groups in total. The molecule has 0 atom stereocenters. The fourth-order valence-corrected chi connectivity index (χ4v) is 3.68. The fourth-order valence-electron chi connectivity index (χ4n) is 3.68. The summed E-state index contributed by atoms with van der Waals surface area (Å²) in [7, 11) is 0. The molecule has 2 aromatic carbocycles. The Hall–Kier alpha value is -3.12. The minimum atomic E-state index is -0.0838. The van der Waals surface area contributed by atoms with Crippen molar-refractivity contribution in [1.29, 1.82) is 0 Å². The van der Waals surface area contributed by atoms with Crippen LogP contribution in [0.5, 0.6) is 11.5 Å². The van der Waals surface area contributed by atoms with Crippen molar-refractivity contribution in [2.75, 3.05) is 39.4 Å². The van der Waals surface area contributed by atoms with E-state index in [1.54, 1.807) is 0 Å². The van der Waals surface area contributed by atoms with E-state index in [4.69, 9.17) is 14.5 Å². The number of benzene rings is 2. The number of pyridine rings is 1. The van der Waals surface area contributed by atoms with Crippen molar-refractivity contribution < 1.29 is 14.3 Å². The van der Waals surface area contributed by atoms with E-state index in [-0.39, 0.29) is 5.91 Å². The van der Waals surface area contributed by atoms with Crippen LogP contribution < -0.4 is 14.8 Å². The van der Waals surface area contributed by atoms with Gasteiger partial charge in [0.15, 0.2) is 11.5 Å². The molecule has 0 fully saturated rings. The number of hydrogen-bond donors (Lipinski definition) is 1. The molecule has 6 heteroatoms. The highest BCUT2D eigenvalue weighted by Gasteiger charge is 2.17. The smallest absolute Gasteiger partial charge is 0.252 e. The molecule has 1 aromatic heterocycles. The maximum absolute atomic E-state index is 13.0. The number of para-hydroxylation sites is 1. The molecule has 1 aliphatic heterocycles. The summed E-state index contributed by atoms with van der Waals surface area (Å²) in [4.78, 5) is 20.1. The molecule has 2 heterocycles. The Labute approximate surface area is 176 Å². The Morgan fingerprint density at radius 3 is 2.60 bits per heavy atom. The zero-order valence-corrected chi connectivity index (χ0v) is 17.5. The SMILES string of the molecule is CCN(CC)CCNC(=O)c1cc(-c2ccc3c(c2)OCCO3)nc2ccccc12. The summed E-state index contributed by atoms with van der Waals surface area (Å²) in [5.74, 6) is 1.36. The largest absolute Gasteiger partial charge is 0.486 e. The average Bonchev–Trinajstić information content (AvgIpc) is 2.80. The molecule has 1 aliphatic rings. The number of nitrogens with zero attached hydrogens (tertiary/aromatic N) is 2. The Bertz CT molecular complexity index is 1050. The van der Waals surface area contributed by atoms with Gasteiger partial charge in [0.05, 0.1) is 16.8 Å². The summed E-state index contributed by atoms with van der Waals surface area (Å²) in [5, 5.41) is 3.91.